The van der Waals surface area contributed by atoms with Gasteiger partial charge in [0, 0.05) is 20.1 Å². The second-order valence-corrected chi connectivity index (χ2v) is 3.27. The van der Waals surface area contributed by atoms with Crippen molar-refractivity contribution in [2.75, 3.05) is 40.0 Å². The number of rotatable bonds is 3. The number of urea groups is 1. The number of ether oxygens (including phenoxy) is 2. The molecule has 0 bridgehead atoms. The number of amides is 2. The monoisotopic (exact) mass is 202 g/mol. The molecule has 5 nitrogen and oxygen atoms in total. The zero-order valence-electron chi connectivity index (χ0n) is 8.78. The van der Waals surface area contributed by atoms with E-state index in [1.165, 1.54) is 0 Å². The molecule has 5 heteroatoms. The van der Waals surface area contributed by atoms with Crippen LogP contribution in [0.2, 0.25) is 0 Å². The maximum Gasteiger partial charge on any atom is 0.317 e. The van der Waals surface area contributed by atoms with Crippen LogP contribution in [0.15, 0.2) is 0 Å². The van der Waals surface area contributed by atoms with Gasteiger partial charge in [0.25, 0.3) is 0 Å². The average molecular weight is 202 g/mol. The van der Waals surface area contributed by atoms with Gasteiger partial charge in [0.2, 0.25) is 0 Å². The largest absolute Gasteiger partial charge is 0.376 e. The van der Waals surface area contributed by atoms with Crippen LogP contribution in [0.3, 0.4) is 0 Å². The van der Waals surface area contributed by atoms with Crippen LogP contribution in [0.25, 0.3) is 0 Å². The highest BCUT2D eigenvalue weighted by atomic mass is 16.6. The van der Waals surface area contributed by atoms with Crippen molar-refractivity contribution < 1.29 is 14.3 Å². The van der Waals surface area contributed by atoms with E-state index in [1.54, 1.807) is 11.9 Å². The summed E-state index contributed by atoms with van der Waals surface area (Å²) in [4.78, 5) is 12.9. The molecule has 1 N–H and O–H groups in total. The normalized spacial score (nSPS) is 21.7. The van der Waals surface area contributed by atoms with Gasteiger partial charge in [0.05, 0.1) is 25.9 Å². The predicted molar refractivity (Wildman–Crippen MR) is 52.3 cm³/mol. The van der Waals surface area contributed by atoms with Gasteiger partial charge >= 0.3 is 6.03 Å². The van der Waals surface area contributed by atoms with E-state index in [2.05, 4.69) is 5.32 Å². The molecular formula is C9H18N2O3. The summed E-state index contributed by atoms with van der Waals surface area (Å²) in [6, 6.07) is -0.0679. The maximum absolute atomic E-state index is 11.3. The van der Waals surface area contributed by atoms with Crippen LogP contribution >= 0.6 is 0 Å². The van der Waals surface area contributed by atoms with E-state index in [9.17, 15) is 4.79 Å². The molecule has 2 amide bonds. The molecule has 1 unspecified atom stereocenters. The minimum Gasteiger partial charge on any atom is -0.376 e. The molecule has 1 fully saturated rings. The fraction of sp³-hybridized carbons (Fsp3) is 0.889. The quantitative estimate of drug-likeness (QED) is 0.704. The van der Waals surface area contributed by atoms with Gasteiger partial charge in [-0.25, -0.2) is 4.79 Å². The van der Waals surface area contributed by atoms with Crippen molar-refractivity contribution in [1.82, 2.24) is 10.2 Å². The lowest BCUT2D eigenvalue weighted by Crippen LogP contribution is -2.44. The molecule has 0 aliphatic carbocycles. The topological polar surface area (TPSA) is 50.8 Å². The van der Waals surface area contributed by atoms with Gasteiger partial charge in [-0.15, -0.1) is 0 Å². The number of carbonyl (C=O) groups is 1. The Labute approximate surface area is 84.4 Å². The van der Waals surface area contributed by atoms with E-state index in [-0.39, 0.29) is 12.1 Å². The summed E-state index contributed by atoms with van der Waals surface area (Å²) in [5, 5.41) is 2.79. The van der Waals surface area contributed by atoms with Gasteiger partial charge in [-0.2, -0.15) is 0 Å². The second-order valence-electron chi connectivity index (χ2n) is 3.27. The van der Waals surface area contributed by atoms with E-state index < -0.39 is 0 Å². The highest BCUT2D eigenvalue weighted by Gasteiger charge is 2.15. The van der Waals surface area contributed by atoms with E-state index in [0.717, 1.165) is 0 Å². The molecule has 82 valence electrons. The molecule has 0 spiro atoms. The zero-order chi connectivity index (χ0) is 10.4. The van der Waals surface area contributed by atoms with Gasteiger partial charge in [0.15, 0.2) is 0 Å². The zero-order valence-corrected chi connectivity index (χ0v) is 8.78. The van der Waals surface area contributed by atoms with Crippen LogP contribution in [0, 0.1) is 0 Å². The summed E-state index contributed by atoms with van der Waals surface area (Å²) in [6.07, 6.45) is -0.00189. The Bertz CT molecular complexity index is 181. The molecule has 0 aromatic rings. The van der Waals surface area contributed by atoms with Gasteiger partial charge in [0.1, 0.15) is 0 Å². The van der Waals surface area contributed by atoms with Crippen LogP contribution in [0.1, 0.15) is 6.92 Å². The Morgan fingerprint density at radius 1 is 1.57 bits per heavy atom. The highest BCUT2D eigenvalue weighted by molar-refractivity contribution is 5.73. The first-order valence-electron chi connectivity index (χ1n) is 4.92. The number of hydrogen-bond donors (Lipinski definition) is 1. The van der Waals surface area contributed by atoms with Crippen molar-refractivity contribution in [2.45, 2.75) is 13.0 Å². The fourth-order valence-corrected chi connectivity index (χ4v) is 1.13. The Morgan fingerprint density at radius 2 is 2.36 bits per heavy atom. The smallest absolute Gasteiger partial charge is 0.317 e. The summed E-state index contributed by atoms with van der Waals surface area (Å²) in [7, 11) is 1.76. The molecule has 14 heavy (non-hydrogen) atoms. The Balaban J connectivity index is 2.15. The number of hydrogen-bond acceptors (Lipinski definition) is 3. The van der Waals surface area contributed by atoms with Crippen LogP contribution in [0.4, 0.5) is 4.79 Å². The first kappa shape index (κ1) is 11.3. The van der Waals surface area contributed by atoms with Crippen LogP contribution in [-0.2, 0) is 9.47 Å². The van der Waals surface area contributed by atoms with Crippen LogP contribution < -0.4 is 5.32 Å². The lowest BCUT2D eigenvalue weighted by molar-refractivity contribution is -0.0855. The lowest BCUT2D eigenvalue weighted by atomic mass is 10.3. The number of nitrogens with zero attached hydrogens (tertiary/aromatic N) is 1. The van der Waals surface area contributed by atoms with Crippen molar-refractivity contribution in [3.05, 3.63) is 0 Å². The molecule has 1 aliphatic rings. The van der Waals surface area contributed by atoms with Crippen molar-refractivity contribution in [1.29, 1.82) is 0 Å². The van der Waals surface area contributed by atoms with Gasteiger partial charge < -0.3 is 19.7 Å². The van der Waals surface area contributed by atoms with Crippen LogP contribution in [0.5, 0.6) is 0 Å². The van der Waals surface area contributed by atoms with Crippen molar-refractivity contribution in [3.63, 3.8) is 0 Å². The van der Waals surface area contributed by atoms with E-state index in [0.29, 0.717) is 32.9 Å². The molecule has 1 atom stereocenters. The van der Waals surface area contributed by atoms with E-state index in [4.69, 9.17) is 9.47 Å². The minimum atomic E-state index is -0.0679. The number of nitrogens with one attached hydrogen (secondary N) is 1. The molecule has 1 rings (SSSR count). The van der Waals surface area contributed by atoms with Gasteiger partial charge in [-0.1, -0.05) is 0 Å². The summed E-state index contributed by atoms with van der Waals surface area (Å²) in [5.74, 6) is 0. The molecule has 0 aromatic carbocycles. The molecule has 0 radical (unpaired) electrons. The molecule has 0 aromatic heterocycles. The van der Waals surface area contributed by atoms with Crippen LogP contribution in [-0.4, -0.2) is 57.0 Å². The van der Waals surface area contributed by atoms with Gasteiger partial charge in [-0.3, -0.25) is 0 Å². The third-order valence-corrected chi connectivity index (χ3v) is 2.19. The fourth-order valence-electron chi connectivity index (χ4n) is 1.13. The standard InChI is InChI=1S/C9H18N2O3/c1-3-11(2)9(12)10-6-8-7-13-4-5-14-8/h8H,3-7H2,1-2H3,(H,10,12). The van der Waals surface area contributed by atoms with Crippen molar-refractivity contribution >= 4 is 6.03 Å². The molecule has 0 saturated carbocycles. The van der Waals surface area contributed by atoms with Crippen molar-refractivity contribution in [3.8, 4) is 0 Å². The maximum atomic E-state index is 11.3. The Hall–Kier alpha value is -0.810. The predicted octanol–water partition coefficient (Wildman–Crippen LogP) is 0.0631. The first-order valence-corrected chi connectivity index (χ1v) is 4.92. The Morgan fingerprint density at radius 3 is 2.93 bits per heavy atom. The summed E-state index contributed by atoms with van der Waals surface area (Å²) in [6.45, 7) is 4.98. The summed E-state index contributed by atoms with van der Waals surface area (Å²) in [5.41, 5.74) is 0. The third-order valence-electron chi connectivity index (χ3n) is 2.19. The lowest BCUT2D eigenvalue weighted by Gasteiger charge is -2.24. The molecule has 1 heterocycles. The Kier molecular flexibility index (Phi) is 4.69. The molecular weight excluding hydrogens is 184 g/mol. The highest BCUT2D eigenvalue weighted by Crippen LogP contribution is 1.99. The average Bonchev–Trinajstić information content (AvgIpc) is 2.26. The first-order chi connectivity index (χ1) is 6.74. The SMILES string of the molecule is CCN(C)C(=O)NCC1COCCO1. The second kappa shape index (κ2) is 5.82. The number of carbonyl (C=O) groups excluding carboxylic acids is 1. The third kappa shape index (κ3) is 3.51. The molecule has 1 saturated heterocycles. The molecule has 1 aliphatic heterocycles. The van der Waals surface area contributed by atoms with Crippen molar-refractivity contribution in [2.24, 2.45) is 0 Å². The van der Waals surface area contributed by atoms with E-state index in [1.807, 2.05) is 6.92 Å². The van der Waals surface area contributed by atoms with Gasteiger partial charge in [-0.05, 0) is 6.92 Å². The summed E-state index contributed by atoms with van der Waals surface area (Å²) >= 11 is 0. The minimum absolute atomic E-state index is 0.00189. The van der Waals surface area contributed by atoms with E-state index >= 15 is 0 Å². The summed E-state index contributed by atoms with van der Waals surface area (Å²) < 4.78 is 10.6.